The summed E-state index contributed by atoms with van der Waals surface area (Å²) in [7, 11) is 1.65. The van der Waals surface area contributed by atoms with Gasteiger partial charge in [-0.05, 0) is 44.9 Å². The lowest BCUT2D eigenvalue weighted by atomic mass is 10.0. The summed E-state index contributed by atoms with van der Waals surface area (Å²) < 4.78 is 35.0. The summed E-state index contributed by atoms with van der Waals surface area (Å²) in [6.45, 7) is 5.47. The lowest BCUT2D eigenvalue weighted by Gasteiger charge is -2.24. The first-order valence-corrected chi connectivity index (χ1v) is 23.7. The Kier molecular flexibility index (Phi) is 37.7. The highest BCUT2D eigenvalue weighted by Crippen LogP contribution is 2.43. The molecule has 0 aromatic rings. The van der Waals surface area contributed by atoms with Gasteiger partial charge in [-0.3, -0.25) is 13.8 Å². The van der Waals surface area contributed by atoms with Crippen LogP contribution in [-0.4, -0.2) is 75.6 Å². The molecule has 8 nitrogen and oxygen atoms in total. The maximum absolute atomic E-state index is 12.7. The highest BCUT2D eigenvalue weighted by molar-refractivity contribution is 7.47. The molecule has 0 aliphatic carbocycles. The quantitative estimate of drug-likeness (QED) is 0.0217. The Morgan fingerprint density at radius 3 is 1.61 bits per heavy atom. The molecule has 2 unspecified atom stereocenters. The van der Waals surface area contributed by atoms with E-state index < -0.39 is 13.9 Å². The van der Waals surface area contributed by atoms with Crippen molar-refractivity contribution in [2.24, 2.45) is 0 Å². The number of rotatable bonds is 41. The van der Waals surface area contributed by atoms with Crippen molar-refractivity contribution in [2.45, 2.75) is 193 Å². The Morgan fingerprint density at radius 2 is 1.07 bits per heavy atom. The summed E-state index contributed by atoms with van der Waals surface area (Å²) in [5.74, 6) is -0.320. The second kappa shape index (κ2) is 38.6. The van der Waals surface area contributed by atoms with Crippen molar-refractivity contribution in [3.8, 4) is 0 Å². The number of ether oxygens (including phenoxy) is 2. The molecular formula is C45H87NO7P+. The van der Waals surface area contributed by atoms with E-state index in [2.05, 4.69) is 50.3 Å². The molecule has 0 aromatic carbocycles. The minimum Gasteiger partial charge on any atom is -0.457 e. The fourth-order valence-electron chi connectivity index (χ4n) is 6.04. The third-order valence-electron chi connectivity index (χ3n) is 9.47. The second-order valence-corrected chi connectivity index (χ2v) is 17.5. The fourth-order valence-corrected chi connectivity index (χ4v) is 6.78. The van der Waals surface area contributed by atoms with E-state index in [4.69, 9.17) is 18.5 Å². The topological polar surface area (TPSA) is 91.3 Å². The molecule has 0 bridgehead atoms. The van der Waals surface area contributed by atoms with Crippen molar-refractivity contribution in [3.63, 3.8) is 0 Å². The summed E-state index contributed by atoms with van der Waals surface area (Å²) in [4.78, 5) is 22.9. The molecule has 0 radical (unpaired) electrons. The van der Waals surface area contributed by atoms with Gasteiger partial charge in [0.25, 0.3) is 0 Å². The minimum atomic E-state index is -4.28. The van der Waals surface area contributed by atoms with Crippen molar-refractivity contribution >= 4 is 13.8 Å². The smallest absolute Gasteiger partial charge is 0.457 e. The Bertz CT molecular complexity index is 962. The number of hydrogen-bond acceptors (Lipinski definition) is 6. The second-order valence-electron chi connectivity index (χ2n) is 16.1. The van der Waals surface area contributed by atoms with E-state index in [9.17, 15) is 14.3 Å². The molecule has 9 heteroatoms. The first-order valence-electron chi connectivity index (χ1n) is 22.2. The van der Waals surface area contributed by atoms with E-state index in [1.165, 1.54) is 96.3 Å². The highest BCUT2D eigenvalue weighted by atomic mass is 31.2. The largest absolute Gasteiger partial charge is 0.472 e. The predicted octanol–water partition coefficient (Wildman–Crippen LogP) is 13.0. The van der Waals surface area contributed by atoms with Gasteiger partial charge >= 0.3 is 13.8 Å². The Balaban J connectivity index is 4.22. The minimum absolute atomic E-state index is 0.0847. The number of unbranched alkanes of at least 4 members (excludes halogenated alkanes) is 21. The third kappa shape index (κ3) is 41.9. The highest BCUT2D eigenvalue weighted by Gasteiger charge is 2.26. The van der Waals surface area contributed by atoms with Gasteiger partial charge in [-0.2, -0.15) is 0 Å². The van der Waals surface area contributed by atoms with Crippen LogP contribution in [0.1, 0.15) is 187 Å². The summed E-state index contributed by atoms with van der Waals surface area (Å²) in [5, 5.41) is 0. The molecule has 0 rings (SSSR count). The van der Waals surface area contributed by atoms with Crippen molar-refractivity contribution in [3.05, 3.63) is 36.5 Å². The molecule has 318 valence electrons. The van der Waals surface area contributed by atoms with Gasteiger partial charge in [0.2, 0.25) is 0 Å². The molecule has 0 heterocycles. The lowest BCUT2D eigenvalue weighted by Crippen LogP contribution is -2.37. The number of hydrogen-bond donors (Lipinski definition) is 1. The van der Waals surface area contributed by atoms with Gasteiger partial charge in [0, 0.05) is 13.0 Å². The van der Waals surface area contributed by atoms with Crippen LogP contribution in [-0.2, 0) is 27.9 Å². The molecule has 0 spiro atoms. The SMILES string of the molecule is CC/C=C\C/C=C\C/C=C\CCCCCCOCC(COP(=O)(O)OCC[N+](C)(C)C)OC(=O)CCCCCCCCCCCCCCCCCCCC. The van der Waals surface area contributed by atoms with Crippen LogP contribution in [0.15, 0.2) is 36.5 Å². The summed E-state index contributed by atoms with van der Waals surface area (Å²) in [6.07, 6.45) is 44.6. The zero-order valence-corrected chi connectivity index (χ0v) is 36.9. The zero-order chi connectivity index (χ0) is 39.9. The number of phosphoric acid groups is 1. The van der Waals surface area contributed by atoms with Crippen LogP contribution in [0, 0.1) is 0 Å². The maximum atomic E-state index is 12.7. The van der Waals surface area contributed by atoms with Crippen LogP contribution < -0.4 is 0 Å². The van der Waals surface area contributed by atoms with Gasteiger partial charge in [0.05, 0.1) is 34.4 Å². The molecule has 0 amide bonds. The van der Waals surface area contributed by atoms with Crippen LogP contribution >= 0.6 is 7.82 Å². The first kappa shape index (κ1) is 52.7. The molecular weight excluding hydrogens is 697 g/mol. The first-order chi connectivity index (χ1) is 26.1. The Labute approximate surface area is 334 Å². The zero-order valence-electron chi connectivity index (χ0n) is 36.0. The molecule has 0 saturated carbocycles. The van der Waals surface area contributed by atoms with Crippen molar-refractivity contribution in [1.82, 2.24) is 0 Å². The van der Waals surface area contributed by atoms with Crippen LogP contribution in [0.2, 0.25) is 0 Å². The van der Waals surface area contributed by atoms with E-state index in [0.29, 0.717) is 24.1 Å². The van der Waals surface area contributed by atoms with Crippen LogP contribution in [0.3, 0.4) is 0 Å². The average Bonchev–Trinajstić information content (AvgIpc) is 3.12. The van der Waals surface area contributed by atoms with Gasteiger partial charge in [0.1, 0.15) is 19.3 Å². The molecule has 2 atom stereocenters. The van der Waals surface area contributed by atoms with Gasteiger partial charge in [-0.1, -0.05) is 172 Å². The number of allylic oxidation sites excluding steroid dienone is 6. The van der Waals surface area contributed by atoms with E-state index in [-0.39, 0.29) is 25.8 Å². The monoisotopic (exact) mass is 785 g/mol. The molecule has 0 fully saturated rings. The predicted molar refractivity (Wildman–Crippen MR) is 229 cm³/mol. The lowest BCUT2D eigenvalue weighted by molar-refractivity contribution is -0.870. The molecule has 0 aliphatic rings. The summed E-state index contributed by atoms with van der Waals surface area (Å²) >= 11 is 0. The van der Waals surface area contributed by atoms with Crippen molar-refractivity contribution in [1.29, 1.82) is 0 Å². The van der Waals surface area contributed by atoms with E-state index >= 15 is 0 Å². The summed E-state index contributed by atoms with van der Waals surface area (Å²) in [6, 6.07) is 0. The molecule has 0 saturated heterocycles. The molecule has 54 heavy (non-hydrogen) atoms. The number of carbonyl (C=O) groups is 1. The number of nitrogens with zero attached hydrogens (tertiary/aromatic N) is 1. The third-order valence-corrected chi connectivity index (χ3v) is 10.5. The van der Waals surface area contributed by atoms with Gasteiger partial charge in [-0.15, -0.1) is 0 Å². The number of carbonyl (C=O) groups excluding carboxylic acids is 1. The molecule has 0 aliphatic heterocycles. The van der Waals surface area contributed by atoms with Crippen LogP contribution in [0.4, 0.5) is 0 Å². The fraction of sp³-hybridized carbons (Fsp3) is 0.844. The van der Waals surface area contributed by atoms with E-state index in [1.54, 1.807) is 0 Å². The average molecular weight is 785 g/mol. The van der Waals surface area contributed by atoms with Crippen LogP contribution in [0.25, 0.3) is 0 Å². The number of likely N-dealkylation sites (N-methyl/N-ethyl adjacent to an activating group) is 1. The van der Waals surface area contributed by atoms with Crippen molar-refractivity contribution < 1.29 is 37.3 Å². The van der Waals surface area contributed by atoms with E-state index in [1.807, 2.05) is 21.1 Å². The molecule has 1 N–H and O–H groups in total. The normalized spacial score (nSPS) is 14.1. The number of esters is 1. The molecule has 0 aromatic heterocycles. The van der Waals surface area contributed by atoms with E-state index in [0.717, 1.165) is 70.6 Å². The maximum Gasteiger partial charge on any atom is 0.472 e. The van der Waals surface area contributed by atoms with Gasteiger partial charge in [-0.25, -0.2) is 4.57 Å². The van der Waals surface area contributed by atoms with Crippen LogP contribution in [0.5, 0.6) is 0 Å². The van der Waals surface area contributed by atoms with Gasteiger partial charge in [0.15, 0.2) is 0 Å². The van der Waals surface area contributed by atoms with Gasteiger partial charge < -0.3 is 18.9 Å². The summed E-state index contributed by atoms with van der Waals surface area (Å²) in [5.41, 5.74) is 0. The Morgan fingerprint density at radius 1 is 0.593 bits per heavy atom. The van der Waals surface area contributed by atoms with Crippen molar-refractivity contribution in [2.75, 3.05) is 54.1 Å². The number of phosphoric ester groups is 1. The Hall–Kier alpha value is -1.28. The standard InChI is InChI=1S/C45H86NO7P/c1-6-8-10-12-14-16-18-20-22-23-24-25-26-28-30-32-34-36-38-45(47)53-44(43-52-54(48,49)51-41-39-46(3,4)5)42-50-40-37-35-33-31-29-27-21-19-17-15-13-11-9-7-2/h9,11,15,17,21,27,44H,6-8,10,12-14,16,18-20,22-26,28-43H2,1-5H3/p+1/b11-9-,17-15-,27-21-. The number of quaternary nitrogens is 1.